The molecule has 6 heteroatoms. The molecular weight excluding hydrogens is 322 g/mol. The van der Waals surface area contributed by atoms with Gasteiger partial charge in [-0.3, -0.25) is 0 Å². The Balaban J connectivity index is 2.31. The van der Waals surface area contributed by atoms with Gasteiger partial charge in [-0.05, 0) is 37.1 Å². The number of aromatic nitrogens is 2. The summed E-state index contributed by atoms with van der Waals surface area (Å²) in [5.74, 6) is -0.628. The van der Waals surface area contributed by atoms with Crippen LogP contribution in [0.5, 0.6) is 0 Å². The first kappa shape index (κ1) is 14.5. The van der Waals surface area contributed by atoms with Crippen LogP contribution < -0.4 is 5.32 Å². The third-order valence-corrected chi connectivity index (χ3v) is 3.40. The molecular formula is C14H14BrN3O2. The Morgan fingerprint density at radius 2 is 2.20 bits per heavy atom. The van der Waals surface area contributed by atoms with Crippen LogP contribution in [0.25, 0.3) is 0 Å². The topological polar surface area (TPSA) is 75.1 Å². The van der Waals surface area contributed by atoms with E-state index in [0.717, 1.165) is 22.1 Å². The Labute approximate surface area is 125 Å². The lowest BCUT2D eigenvalue weighted by molar-refractivity contribution is 0.0695. The third-order valence-electron chi connectivity index (χ3n) is 2.90. The molecule has 2 N–H and O–H groups in total. The Morgan fingerprint density at radius 3 is 2.80 bits per heavy atom. The summed E-state index contributed by atoms with van der Waals surface area (Å²) in [6.45, 7) is 3.71. The third kappa shape index (κ3) is 3.14. The van der Waals surface area contributed by atoms with E-state index in [1.165, 1.54) is 6.20 Å². The Kier molecular flexibility index (Phi) is 4.34. The predicted octanol–water partition coefficient (Wildman–Crippen LogP) is 3.55. The fourth-order valence-corrected chi connectivity index (χ4v) is 2.24. The number of rotatable bonds is 4. The number of anilines is 2. The van der Waals surface area contributed by atoms with Crippen LogP contribution in [0.3, 0.4) is 0 Å². The monoisotopic (exact) mass is 335 g/mol. The van der Waals surface area contributed by atoms with E-state index in [1.54, 1.807) is 6.92 Å². The minimum absolute atomic E-state index is 0.113. The molecule has 0 saturated carbocycles. The van der Waals surface area contributed by atoms with Crippen LogP contribution in [0.1, 0.15) is 28.5 Å². The molecule has 0 radical (unpaired) electrons. The average molecular weight is 336 g/mol. The van der Waals surface area contributed by atoms with Crippen molar-refractivity contribution in [1.29, 1.82) is 0 Å². The lowest BCUT2D eigenvalue weighted by Gasteiger charge is -2.11. The number of benzene rings is 1. The lowest BCUT2D eigenvalue weighted by Crippen LogP contribution is -2.06. The maximum Gasteiger partial charge on any atom is 0.339 e. The molecule has 0 bridgehead atoms. The second-order valence-electron chi connectivity index (χ2n) is 4.28. The summed E-state index contributed by atoms with van der Waals surface area (Å²) >= 11 is 3.44. The zero-order chi connectivity index (χ0) is 14.7. The van der Waals surface area contributed by atoms with E-state index in [0.29, 0.717) is 11.6 Å². The van der Waals surface area contributed by atoms with Crippen molar-refractivity contribution in [2.75, 3.05) is 5.32 Å². The molecule has 0 spiro atoms. The molecule has 0 unspecified atom stereocenters. The number of carboxylic acids is 1. The largest absolute Gasteiger partial charge is 0.478 e. The van der Waals surface area contributed by atoms with Crippen molar-refractivity contribution in [2.45, 2.75) is 20.3 Å². The van der Waals surface area contributed by atoms with E-state index in [9.17, 15) is 4.79 Å². The molecule has 0 fully saturated rings. The second kappa shape index (κ2) is 6.00. The minimum Gasteiger partial charge on any atom is -0.478 e. The van der Waals surface area contributed by atoms with Gasteiger partial charge in [0, 0.05) is 16.4 Å². The maximum absolute atomic E-state index is 10.9. The minimum atomic E-state index is -1.02. The van der Waals surface area contributed by atoms with Crippen molar-refractivity contribution in [1.82, 2.24) is 9.97 Å². The van der Waals surface area contributed by atoms with Crippen LogP contribution in [0.4, 0.5) is 11.6 Å². The molecule has 0 atom stereocenters. The van der Waals surface area contributed by atoms with Crippen molar-refractivity contribution in [3.05, 3.63) is 45.7 Å². The molecule has 0 amide bonds. The molecule has 0 aliphatic rings. The molecule has 1 aromatic carbocycles. The van der Waals surface area contributed by atoms with E-state index < -0.39 is 5.97 Å². The lowest BCUT2D eigenvalue weighted by atomic mass is 10.1. The summed E-state index contributed by atoms with van der Waals surface area (Å²) in [5.41, 5.74) is 2.59. The molecule has 5 nitrogen and oxygen atoms in total. The van der Waals surface area contributed by atoms with Crippen LogP contribution in [0.15, 0.2) is 28.9 Å². The van der Waals surface area contributed by atoms with Crippen LogP contribution in [-0.2, 0) is 6.42 Å². The highest BCUT2D eigenvalue weighted by atomic mass is 79.9. The number of carbonyl (C=O) groups is 1. The van der Waals surface area contributed by atoms with E-state index in [1.807, 2.05) is 18.2 Å². The average Bonchev–Trinajstić information content (AvgIpc) is 2.40. The standard InChI is InChI=1S/C14H14BrN3O2/c1-3-9-6-10(15)4-5-12(9)18-14-16-7-11(13(19)20)8(2)17-14/h4-7H,3H2,1-2H3,(H,19,20)(H,16,17,18). The molecule has 0 aliphatic carbocycles. The summed E-state index contributed by atoms with van der Waals surface area (Å²) in [5, 5.41) is 12.1. The SMILES string of the molecule is CCc1cc(Br)ccc1Nc1ncc(C(=O)O)c(C)n1. The number of hydrogen-bond donors (Lipinski definition) is 2. The highest BCUT2D eigenvalue weighted by Crippen LogP contribution is 2.23. The smallest absolute Gasteiger partial charge is 0.339 e. The number of nitrogens with one attached hydrogen (secondary N) is 1. The van der Waals surface area contributed by atoms with Crippen molar-refractivity contribution < 1.29 is 9.90 Å². The highest BCUT2D eigenvalue weighted by molar-refractivity contribution is 9.10. The van der Waals surface area contributed by atoms with Gasteiger partial charge in [0.25, 0.3) is 0 Å². The van der Waals surface area contributed by atoms with Gasteiger partial charge in [0.1, 0.15) is 0 Å². The van der Waals surface area contributed by atoms with E-state index in [-0.39, 0.29) is 5.56 Å². The first-order valence-electron chi connectivity index (χ1n) is 6.13. The van der Waals surface area contributed by atoms with Gasteiger partial charge in [0.2, 0.25) is 5.95 Å². The fraction of sp³-hybridized carbons (Fsp3) is 0.214. The van der Waals surface area contributed by atoms with Gasteiger partial charge in [-0.15, -0.1) is 0 Å². The normalized spacial score (nSPS) is 10.3. The predicted molar refractivity (Wildman–Crippen MR) is 80.5 cm³/mol. The summed E-state index contributed by atoms with van der Waals surface area (Å²) < 4.78 is 1.01. The summed E-state index contributed by atoms with van der Waals surface area (Å²) in [6, 6.07) is 5.90. The molecule has 1 aromatic heterocycles. The second-order valence-corrected chi connectivity index (χ2v) is 5.19. The number of carboxylic acid groups (broad SMARTS) is 1. The van der Waals surface area contributed by atoms with Gasteiger partial charge in [0.15, 0.2) is 0 Å². The van der Waals surface area contributed by atoms with Gasteiger partial charge in [-0.25, -0.2) is 14.8 Å². The maximum atomic E-state index is 10.9. The molecule has 20 heavy (non-hydrogen) atoms. The summed E-state index contributed by atoms with van der Waals surface area (Å²) in [7, 11) is 0. The molecule has 104 valence electrons. The molecule has 0 saturated heterocycles. The molecule has 1 heterocycles. The van der Waals surface area contributed by atoms with Crippen molar-refractivity contribution >= 4 is 33.5 Å². The van der Waals surface area contributed by atoms with Gasteiger partial charge in [-0.2, -0.15) is 0 Å². The Morgan fingerprint density at radius 1 is 1.45 bits per heavy atom. The summed E-state index contributed by atoms with van der Waals surface area (Å²) in [6.07, 6.45) is 2.19. The van der Waals surface area contributed by atoms with E-state index in [4.69, 9.17) is 5.11 Å². The van der Waals surface area contributed by atoms with Crippen molar-refractivity contribution in [3.63, 3.8) is 0 Å². The summed E-state index contributed by atoms with van der Waals surface area (Å²) in [4.78, 5) is 19.1. The van der Waals surface area contributed by atoms with E-state index >= 15 is 0 Å². The number of hydrogen-bond acceptors (Lipinski definition) is 4. The van der Waals surface area contributed by atoms with Gasteiger partial charge < -0.3 is 10.4 Å². The van der Waals surface area contributed by atoms with Gasteiger partial charge in [0.05, 0.1) is 11.3 Å². The van der Waals surface area contributed by atoms with Gasteiger partial charge in [-0.1, -0.05) is 22.9 Å². The molecule has 2 aromatic rings. The molecule has 0 aliphatic heterocycles. The Bertz CT molecular complexity index is 659. The van der Waals surface area contributed by atoms with Crippen LogP contribution in [0.2, 0.25) is 0 Å². The number of aromatic carboxylic acids is 1. The van der Waals surface area contributed by atoms with Gasteiger partial charge >= 0.3 is 5.97 Å². The van der Waals surface area contributed by atoms with Crippen molar-refractivity contribution in [2.24, 2.45) is 0 Å². The van der Waals surface area contributed by atoms with Crippen LogP contribution >= 0.6 is 15.9 Å². The number of nitrogens with zero attached hydrogens (tertiary/aromatic N) is 2. The van der Waals surface area contributed by atoms with Crippen LogP contribution in [-0.4, -0.2) is 21.0 Å². The fourth-order valence-electron chi connectivity index (χ4n) is 1.83. The number of aryl methyl sites for hydroxylation is 2. The quantitative estimate of drug-likeness (QED) is 0.893. The van der Waals surface area contributed by atoms with Crippen LogP contribution in [0, 0.1) is 6.92 Å². The zero-order valence-electron chi connectivity index (χ0n) is 11.1. The highest BCUT2D eigenvalue weighted by Gasteiger charge is 2.10. The van der Waals surface area contributed by atoms with Crippen molar-refractivity contribution in [3.8, 4) is 0 Å². The first-order chi connectivity index (χ1) is 9.51. The molecule has 2 rings (SSSR count). The van der Waals surface area contributed by atoms with E-state index in [2.05, 4.69) is 38.1 Å². The first-order valence-corrected chi connectivity index (χ1v) is 6.93. The Hall–Kier alpha value is -1.95. The zero-order valence-corrected chi connectivity index (χ0v) is 12.7. The number of halogens is 1.